The van der Waals surface area contributed by atoms with Crippen molar-refractivity contribution in [3.8, 4) is 0 Å². The predicted molar refractivity (Wildman–Crippen MR) is 73.5 cm³/mol. The van der Waals surface area contributed by atoms with Crippen LogP contribution in [0.1, 0.15) is 17.2 Å². The summed E-state index contributed by atoms with van der Waals surface area (Å²) in [6.07, 6.45) is 0.346. The maximum atomic E-state index is 13.6. The lowest BCUT2D eigenvalue weighted by Gasteiger charge is -2.14. The van der Waals surface area contributed by atoms with Crippen molar-refractivity contribution in [1.82, 2.24) is 0 Å². The van der Waals surface area contributed by atoms with Gasteiger partial charge in [0.2, 0.25) is 0 Å². The third-order valence-corrected chi connectivity index (χ3v) is 3.40. The molecule has 0 aliphatic heterocycles. The van der Waals surface area contributed by atoms with Gasteiger partial charge in [-0.15, -0.1) is 0 Å². The molecule has 0 bridgehead atoms. The van der Waals surface area contributed by atoms with Crippen LogP contribution in [0.25, 0.3) is 0 Å². The Hall–Kier alpha value is -1.16. The summed E-state index contributed by atoms with van der Waals surface area (Å²) < 4.78 is 26.4. The smallest absolute Gasteiger partial charge is 0.130 e. The zero-order chi connectivity index (χ0) is 14.0. The molecule has 19 heavy (non-hydrogen) atoms. The monoisotopic (exact) mass is 301 g/mol. The van der Waals surface area contributed by atoms with E-state index in [1.54, 1.807) is 18.2 Å². The highest BCUT2D eigenvalue weighted by molar-refractivity contribution is 6.35. The number of rotatable bonds is 3. The van der Waals surface area contributed by atoms with E-state index in [-0.39, 0.29) is 5.56 Å². The van der Waals surface area contributed by atoms with E-state index >= 15 is 0 Å². The van der Waals surface area contributed by atoms with Gasteiger partial charge in [0.05, 0.1) is 0 Å². The van der Waals surface area contributed by atoms with Gasteiger partial charge in [0.25, 0.3) is 0 Å². The van der Waals surface area contributed by atoms with Crippen LogP contribution >= 0.6 is 23.2 Å². The van der Waals surface area contributed by atoms with Gasteiger partial charge in [-0.05, 0) is 30.2 Å². The minimum absolute atomic E-state index is 0.257. The Balaban J connectivity index is 2.23. The Morgan fingerprint density at radius 3 is 2.42 bits per heavy atom. The van der Waals surface area contributed by atoms with Gasteiger partial charge in [-0.25, -0.2) is 8.78 Å². The predicted octanol–water partition coefficient (Wildman–Crippen LogP) is 4.51. The highest BCUT2D eigenvalue weighted by atomic mass is 35.5. The molecule has 0 aliphatic carbocycles. The first-order chi connectivity index (χ1) is 8.97. The number of halogens is 4. The van der Waals surface area contributed by atoms with Crippen LogP contribution in [0, 0.1) is 11.6 Å². The molecule has 2 aromatic carbocycles. The van der Waals surface area contributed by atoms with Crippen molar-refractivity contribution in [3.05, 3.63) is 69.2 Å². The fraction of sp³-hybridized carbons (Fsp3) is 0.143. The molecule has 0 saturated heterocycles. The van der Waals surface area contributed by atoms with E-state index in [4.69, 9.17) is 28.9 Å². The topological polar surface area (TPSA) is 26.0 Å². The second kappa shape index (κ2) is 5.87. The normalized spacial score (nSPS) is 12.5. The van der Waals surface area contributed by atoms with Crippen LogP contribution in [0.4, 0.5) is 8.78 Å². The van der Waals surface area contributed by atoms with Crippen LogP contribution < -0.4 is 5.73 Å². The highest BCUT2D eigenvalue weighted by Crippen LogP contribution is 2.26. The molecule has 0 heterocycles. The Kier molecular flexibility index (Phi) is 4.40. The molecule has 0 saturated carbocycles. The minimum Gasteiger partial charge on any atom is -0.324 e. The number of hydrogen-bond donors (Lipinski definition) is 1. The van der Waals surface area contributed by atoms with Crippen molar-refractivity contribution in [2.75, 3.05) is 0 Å². The zero-order valence-corrected chi connectivity index (χ0v) is 11.3. The minimum atomic E-state index is -0.655. The molecule has 1 atom stereocenters. The average Bonchev–Trinajstić information content (AvgIpc) is 2.32. The van der Waals surface area contributed by atoms with Gasteiger partial charge in [0.15, 0.2) is 0 Å². The first-order valence-electron chi connectivity index (χ1n) is 5.62. The van der Waals surface area contributed by atoms with Crippen molar-refractivity contribution >= 4 is 23.2 Å². The Labute approximate surface area is 119 Å². The Morgan fingerprint density at radius 2 is 1.79 bits per heavy atom. The van der Waals surface area contributed by atoms with E-state index in [2.05, 4.69) is 0 Å². The van der Waals surface area contributed by atoms with Crippen LogP contribution in [0.15, 0.2) is 36.4 Å². The van der Waals surface area contributed by atoms with Crippen LogP contribution in [-0.2, 0) is 6.42 Å². The van der Waals surface area contributed by atoms with E-state index in [1.807, 2.05) is 0 Å². The molecular weight excluding hydrogens is 291 g/mol. The molecule has 2 N–H and O–H groups in total. The van der Waals surface area contributed by atoms with Gasteiger partial charge in [0, 0.05) is 27.7 Å². The molecule has 2 aromatic rings. The third kappa shape index (κ3) is 3.44. The van der Waals surface area contributed by atoms with E-state index in [0.717, 1.165) is 11.6 Å². The SMILES string of the molecule is NC(Cc1ccc(Cl)cc1Cl)c1ccc(F)cc1F. The van der Waals surface area contributed by atoms with Gasteiger partial charge >= 0.3 is 0 Å². The molecule has 5 heteroatoms. The maximum absolute atomic E-state index is 13.6. The number of nitrogens with two attached hydrogens (primary N) is 1. The van der Waals surface area contributed by atoms with Crippen LogP contribution in [-0.4, -0.2) is 0 Å². The molecule has 1 unspecified atom stereocenters. The molecule has 0 amide bonds. The molecule has 0 aromatic heterocycles. The Morgan fingerprint density at radius 1 is 1.05 bits per heavy atom. The average molecular weight is 302 g/mol. The summed E-state index contributed by atoms with van der Waals surface area (Å²) in [7, 11) is 0. The van der Waals surface area contributed by atoms with Crippen LogP contribution in [0.3, 0.4) is 0 Å². The van der Waals surface area contributed by atoms with Gasteiger partial charge in [-0.3, -0.25) is 0 Å². The summed E-state index contributed by atoms with van der Waals surface area (Å²) in [5.74, 6) is -1.28. The lowest BCUT2D eigenvalue weighted by Crippen LogP contribution is -2.15. The van der Waals surface area contributed by atoms with Crippen molar-refractivity contribution in [2.45, 2.75) is 12.5 Å². The maximum Gasteiger partial charge on any atom is 0.130 e. The fourth-order valence-electron chi connectivity index (χ4n) is 1.84. The number of hydrogen-bond acceptors (Lipinski definition) is 1. The highest BCUT2D eigenvalue weighted by Gasteiger charge is 2.14. The molecule has 0 fully saturated rings. The third-order valence-electron chi connectivity index (χ3n) is 2.82. The van der Waals surface area contributed by atoms with Crippen molar-refractivity contribution in [2.24, 2.45) is 5.73 Å². The van der Waals surface area contributed by atoms with Gasteiger partial charge in [-0.1, -0.05) is 35.3 Å². The van der Waals surface area contributed by atoms with Crippen molar-refractivity contribution in [3.63, 3.8) is 0 Å². The summed E-state index contributed by atoms with van der Waals surface area (Å²) in [4.78, 5) is 0. The molecular formula is C14H11Cl2F2N. The molecule has 0 aliphatic rings. The molecule has 2 rings (SSSR count). The quantitative estimate of drug-likeness (QED) is 0.886. The van der Waals surface area contributed by atoms with E-state index in [0.29, 0.717) is 16.5 Å². The number of benzene rings is 2. The lowest BCUT2D eigenvalue weighted by molar-refractivity contribution is 0.554. The first kappa shape index (κ1) is 14.3. The largest absolute Gasteiger partial charge is 0.324 e. The summed E-state index contributed by atoms with van der Waals surface area (Å²) in [6.45, 7) is 0. The van der Waals surface area contributed by atoms with Crippen molar-refractivity contribution < 1.29 is 8.78 Å². The van der Waals surface area contributed by atoms with E-state index < -0.39 is 17.7 Å². The summed E-state index contributed by atoms with van der Waals surface area (Å²) in [6, 6.07) is 7.79. The summed E-state index contributed by atoms with van der Waals surface area (Å²) in [5, 5.41) is 1.00. The molecule has 0 spiro atoms. The zero-order valence-electron chi connectivity index (χ0n) is 9.84. The summed E-state index contributed by atoms with van der Waals surface area (Å²) in [5.41, 5.74) is 6.95. The molecule has 100 valence electrons. The Bertz CT molecular complexity index is 602. The molecule has 1 nitrogen and oxygen atoms in total. The second-order valence-electron chi connectivity index (χ2n) is 4.21. The van der Waals surface area contributed by atoms with Gasteiger partial charge in [0.1, 0.15) is 11.6 Å². The molecule has 0 radical (unpaired) electrons. The summed E-state index contributed by atoms with van der Waals surface area (Å²) >= 11 is 11.8. The van der Waals surface area contributed by atoms with Gasteiger partial charge in [-0.2, -0.15) is 0 Å². The van der Waals surface area contributed by atoms with Gasteiger partial charge < -0.3 is 5.73 Å². The second-order valence-corrected chi connectivity index (χ2v) is 5.06. The lowest BCUT2D eigenvalue weighted by atomic mass is 9.99. The van der Waals surface area contributed by atoms with Crippen molar-refractivity contribution in [1.29, 1.82) is 0 Å². The van der Waals surface area contributed by atoms with Crippen LogP contribution in [0.5, 0.6) is 0 Å². The first-order valence-corrected chi connectivity index (χ1v) is 6.37. The standard InChI is InChI=1S/C14H11Cl2F2N/c15-9-2-1-8(12(16)6-9)5-14(19)11-4-3-10(17)7-13(11)18/h1-4,6-7,14H,5,19H2. The fourth-order valence-corrected chi connectivity index (χ4v) is 2.32. The van der Waals surface area contributed by atoms with E-state index in [9.17, 15) is 8.78 Å². The van der Waals surface area contributed by atoms with E-state index in [1.165, 1.54) is 12.1 Å². The van der Waals surface area contributed by atoms with Crippen LogP contribution in [0.2, 0.25) is 10.0 Å².